The zero-order valence-corrected chi connectivity index (χ0v) is 15.0. The van der Waals surface area contributed by atoms with Crippen molar-refractivity contribution in [3.05, 3.63) is 53.1 Å². The molecule has 0 aliphatic rings. The minimum atomic E-state index is -0.340. The molecular weight excluding hydrogens is 362 g/mol. The number of benzene rings is 2. The number of nitriles is 1. The second-order valence-electron chi connectivity index (χ2n) is 5.00. The third-order valence-electron chi connectivity index (χ3n) is 3.28. The number of amides is 1. The molecule has 0 saturated carbocycles. The maximum atomic E-state index is 12.4. The molecule has 0 bridgehead atoms. The second kappa shape index (κ2) is 7.22. The van der Waals surface area contributed by atoms with Crippen molar-refractivity contribution >= 4 is 56.5 Å². The lowest BCUT2D eigenvalue weighted by Crippen LogP contribution is -2.22. The first-order valence-electron chi connectivity index (χ1n) is 7.09. The van der Waals surface area contributed by atoms with E-state index in [1.54, 1.807) is 24.3 Å². The molecule has 1 amide bonds. The predicted molar refractivity (Wildman–Crippen MR) is 99.7 cm³/mol. The Kier molecular flexibility index (Phi) is 5.05. The topological polar surface area (TPSA) is 65.8 Å². The van der Waals surface area contributed by atoms with Crippen LogP contribution in [-0.2, 0) is 4.79 Å². The number of anilines is 1. The smallest absolute Gasteiger partial charge is 0.237 e. The van der Waals surface area contributed by atoms with Crippen LogP contribution in [0.4, 0.5) is 5.69 Å². The molecule has 2 aromatic carbocycles. The van der Waals surface area contributed by atoms with Crippen molar-refractivity contribution in [3.63, 3.8) is 0 Å². The Hall–Kier alpha value is -2.07. The van der Waals surface area contributed by atoms with Crippen LogP contribution in [0, 0.1) is 11.3 Å². The second-order valence-corrected chi connectivity index (χ2v) is 8.05. The van der Waals surface area contributed by atoms with Gasteiger partial charge in [-0.15, -0.1) is 11.3 Å². The number of thiazole rings is 1. The number of nitrogens with one attached hydrogen (secondary N) is 1. The lowest BCUT2D eigenvalue weighted by molar-refractivity contribution is -0.115. The number of rotatable bonds is 4. The lowest BCUT2D eigenvalue weighted by atomic mass is 10.2. The normalized spacial score (nSPS) is 11.9. The van der Waals surface area contributed by atoms with Crippen molar-refractivity contribution in [2.24, 2.45) is 0 Å². The van der Waals surface area contributed by atoms with Crippen LogP contribution in [0.25, 0.3) is 10.2 Å². The fourth-order valence-electron chi connectivity index (χ4n) is 2.06. The molecule has 0 aliphatic heterocycles. The third-order valence-corrected chi connectivity index (χ3v) is 5.75. The summed E-state index contributed by atoms with van der Waals surface area (Å²) in [6.07, 6.45) is 0. The monoisotopic (exact) mass is 373 g/mol. The van der Waals surface area contributed by atoms with Gasteiger partial charge in [-0.3, -0.25) is 4.79 Å². The predicted octanol–water partition coefficient (Wildman–Crippen LogP) is 4.94. The first-order valence-corrected chi connectivity index (χ1v) is 9.17. The molecule has 120 valence electrons. The number of aromatic nitrogens is 1. The third kappa shape index (κ3) is 3.70. The number of halogens is 1. The number of hydrogen-bond donors (Lipinski definition) is 1. The summed E-state index contributed by atoms with van der Waals surface area (Å²) in [6.45, 7) is 1.81. The van der Waals surface area contributed by atoms with Crippen LogP contribution in [0.2, 0.25) is 5.02 Å². The number of hydrogen-bond acceptors (Lipinski definition) is 5. The van der Waals surface area contributed by atoms with Gasteiger partial charge < -0.3 is 5.32 Å². The van der Waals surface area contributed by atoms with Crippen LogP contribution in [0.15, 0.2) is 46.8 Å². The summed E-state index contributed by atoms with van der Waals surface area (Å²) in [5.74, 6) is -0.167. The summed E-state index contributed by atoms with van der Waals surface area (Å²) >= 11 is 8.88. The van der Waals surface area contributed by atoms with Gasteiger partial charge >= 0.3 is 0 Å². The number of carbonyl (C=O) groups excluding carboxylic acids is 1. The quantitative estimate of drug-likeness (QED) is 0.658. The largest absolute Gasteiger partial charge is 0.324 e. The minimum absolute atomic E-state index is 0.167. The van der Waals surface area contributed by atoms with Crippen LogP contribution in [0.1, 0.15) is 12.5 Å². The van der Waals surface area contributed by atoms with Crippen molar-refractivity contribution in [2.45, 2.75) is 16.5 Å². The average Bonchev–Trinajstić information content (AvgIpc) is 2.96. The number of nitrogens with zero attached hydrogens (tertiary/aromatic N) is 2. The lowest BCUT2D eigenvalue weighted by Gasteiger charge is -2.11. The number of carbonyl (C=O) groups is 1. The van der Waals surface area contributed by atoms with Crippen molar-refractivity contribution in [1.29, 1.82) is 5.26 Å². The first kappa shape index (κ1) is 16.8. The Morgan fingerprint density at radius 2 is 2.17 bits per heavy atom. The van der Waals surface area contributed by atoms with Crippen molar-refractivity contribution < 1.29 is 4.79 Å². The number of para-hydroxylation sites is 1. The highest BCUT2D eigenvalue weighted by Gasteiger charge is 2.18. The van der Waals surface area contributed by atoms with Crippen LogP contribution in [0.5, 0.6) is 0 Å². The molecule has 3 aromatic rings. The van der Waals surface area contributed by atoms with Crippen LogP contribution >= 0.6 is 34.7 Å². The number of thioether (sulfide) groups is 1. The number of fused-ring (bicyclic) bond motifs is 1. The van der Waals surface area contributed by atoms with Gasteiger partial charge in [0, 0.05) is 5.02 Å². The van der Waals surface area contributed by atoms with E-state index in [1.807, 2.05) is 25.1 Å². The van der Waals surface area contributed by atoms with Gasteiger partial charge in [-0.25, -0.2) is 4.98 Å². The van der Waals surface area contributed by atoms with E-state index >= 15 is 0 Å². The molecule has 1 heterocycles. The molecule has 0 fully saturated rings. The SMILES string of the molecule is CC(Sc1nc2cc(Cl)ccc2s1)C(=O)Nc1ccccc1C#N. The molecular formula is C17H12ClN3OS2. The highest BCUT2D eigenvalue weighted by molar-refractivity contribution is 8.02. The Balaban J connectivity index is 1.72. The van der Waals surface area contributed by atoms with Gasteiger partial charge in [-0.2, -0.15) is 5.26 Å². The molecule has 1 atom stereocenters. The fraction of sp³-hybridized carbons (Fsp3) is 0.118. The summed E-state index contributed by atoms with van der Waals surface area (Å²) in [7, 11) is 0. The van der Waals surface area contributed by atoms with Crippen molar-refractivity contribution in [2.75, 3.05) is 5.32 Å². The van der Waals surface area contributed by atoms with Gasteiger partial charge in [0.15, 0.2) is 4.34 Å². The molecule has 24 heavy (non-hydrogen) atoms. The zero-order valence-electron chi connectivity index (χ0n) is 12.6. The summed E-state index contributed by atoms with van der Waals surface area (Å²) in [4.78, 5) is 16.9. The van der Waals surface area contributed by atoms with Gasteiger partial charge in [-0.1, -0.05) is 35.5 Å². The van der Waals surface area contributed by atoms with E-state index in [9.17, 15) is 4.79 Å². The Bertz CT molecular complexity index is 948. The van der Waals surface area contributed by atoms with Crippen LogP contribution < -0.4 is 5.32 Å². The molecule has 0 spiro atoms. The van der Waals surface area contributed by atoms with Crippen LogP contribution in [0.3, 0.4) is 0 Å². The molecule has 7 heteroatoms. The minimum Gasteiger partial charge on any atom is -0.324 e. The fourth-order valence-corrected chi connectivity index (χ4v) is 4.42. The molecule has 1 N–H and O–H groups in total. The van der Waals surface area contributed by atoms with E-state index in [2.05, 4.69) is 16.4 Å². The van der Waals surface area contributed by atoms with Crippen LogP contribution in [-0.4, -0.2) is 16.1 Å². The zero-order chi connectivity index (χ0) is 17.1. The average molecular weight is 374 g/mol. The standard InChI is InChI=1S/C17H12ClN3OS2/c1-10(16(22)20-13-5-3-2-4-11(13)9-19)23-17-21-14-8-12(18)6-7-15(14)24-17/h2-8,10H,1H3,(H,20,22). The molecule has 4 nitrogen and oxygen atoms in total. The molecule has 1 unspecified atom stereocenters. The summed E-state index contributed by atoms with van der Waals surface area (Å²) in [6, 6.07) is 14.6. The highest BCUT2D eigenvalue weighted by atomic mass is 35.5. The molecule has 0 radical (unpaired) electrons. The maximum absolute atomic E-state index is 12.4. The van der Waals surface area contributed by atoms with E-state index in [-0.39, 0.29) is 11.2 Å². The Labute approximate surface area is 152 Å². The molecule has 1 aromatic heterocycles. The van der Waals surface area contributed by atoms with E-state index in [0.717, 1.165) is 14.6 Å². The highest BCUT2D eigenvalue weighted by Crippen LogP contribution is 2.33. The van der Waals surface area contributed by atoms with E-state index in [4.69, 9.17) is 16.9 Å². The van der Waals surface area contributed by atoms with E-state index in [1.165, 1.54) is 23.1 Å². The van der Waals surface area contributed by atoms with Gasteiger partial charge in [0.05, 0.1) is 26.7 Å². The molecule has 0 saturated heterocycles. The van der Waals surface area contributed by atoms with Crippen molar-refractivity contribution in [3.8, 4) is 6.07 Å². The summed E-state index contributed by atoms with van der Waals surface area (Å²) in [5.41, 5.74) is 1.80. The van der Waals surface area contributed by atoms with Gasteiger partial charge in [0.2, 0.25) is 5.91 Å². The Morgan fingerprint density at radius 1 is 1.38 bits per heavy atom. The first-order chi connectivity index (χ1) is 11.6. The van der Waals surface area contributed by atoms with E-state index in [0.29, 0.717) is 16.3 Å². The molecule has 3 rings (SSSR count). The Morgan fingerprint density at radius 3 is 2.96 bits per heavy atom. The van der Waals surface area contributed by atoms with Gasteiger partial charge in [0.1, 0.15) is 6.07 Å². The molecule has 0 aliphatic carbocycles. The summed E-state index contributed by atoms with van der Waals surface area (Å²) < 4.78 is 1.84. The maximum Gasteiger partial charge on any atom is 0.237 e. The van der Waals surface area contributed by atoms with E-state index < -0.39 is 0 Å². The van der Waals surface area contributed by atoms with Gasteiger partial charge in [0.25, 0.3) is 0 Å². The van der Waals surface area contributed by atoms with Crippen molar-refractivity contribution in [1.82, 2.24) is 4.98 Å². The summed E-state index contributed by atoms with van der Waals surface area (Å²) in [5, 5.41) is 12.2. The van der Waals surface area contributed by atoms with Gasteiger partial charge in [-0.05, 0) is 37.3 Å².